The summed E-state index contributed by atoms with van der Waals surface area (Å²) in [6.45, 7) is 8.37. The third-order valence-corrected chi connectivity index (χ3v) is 5.29. The van der Waals surface area contributed by atoms with Crippen LogP contribution in [0, 0.1) is 12.3 Å². The first-order valence-corrected chi connectivity index (χ1v) is 8.93. The Bertz CT molecular complexity index is 715. The van der Waals surface area contributed by atoms with Crippen LogP contribution in [0.1, 0.15) is 17.8 Å². The number of nitrogens with zero attached hydrogens (tertiary/aromatic N) is 6. The highest BCUT2D eigenvalue weighted by Gasteiger charge is 2.41. The third-order valence-electron chi connectivity index (χ3n) is 5.29. The van der Waals surface area contributed by atoms with Crippen LogP contribution in [0.2, 0.25) is 0 Å². The number of aryl methyl sites for hydroxylation is 2. The number of aromatic nitrogens is 4. The quantitative estimate of drug-likeness (QED) is 0.837. The SMILES string of the molecule is Cc1cnc(N2CCOC[C@@]3(CCN(Cc4nccn4C)C3)C2)nc1. The Kier molecular flexibility index (Phi) is 4.43. The average Bonchev–Trinajstić information content (AvgIpc) is 3.11. The van der Waals surface area contributed by atoms with E-state index in [0.717, 1.165) is 69.7 Å². The van der Waals surface area contributed by atoms with Gasteiger partial charge in [-0.15, -0.1) is 0 Å². The first-order chi connectivity index (χ1) is 12.1. The molecule has 0 N–H and O–H groups in total. The Morgan fingerprint density at radius 3 is 2.76 bits per heavy atom. The molecule has 0 aliphatic carbocycles. The average molecular weight is 342 g/mol. The fourth-order valence-electron chi connectivity index (χ4n) is 3.87. The molecule has 0 amide bonds. The van der Waals surface area contributed by atoms with Gasteiger partial charge >= 0.3 is 0 Å². The van der Waals surface area contributed by atoms with Gasteiger partial charge in [-0.3, -0.25) is 4.90 Å². The van der Waals surface area contributed by atoms with Crippen LogP contribution in [0.15, 0.2) is 24.8 Å². The van der Waals surface area contributed by atoms with Gasteiger partial charge in [-0.05, 0) is 25.5 Å². The van der Waals surface area contributed by atoms with Gasteiger partial charge < -0.3 is 14.2 Å². The summed E-state index contributed by atoms with van der Waals surface area (Å²) in [5, 5.41) is 0. The molecule has 7 heteroatoms. The molecule has 1 atom stereocenters. The first-order valence-electron chi connectivity index (χ1n) is 8.93. The smallest absolute Gasteiger partial charge is 0.225 e. The minimum absolute atomic E-state index is 0.149. The van der Waals surface area contributed by atoms with Crippen LogP contribution >= 0.6 is 0 Å². The Morgan fingerprint density at radius 2 is 2.00 bits per heavy atom. The van der Waals surface area contributed by atoms with Gasteiger partial charge in [0.25, 0.3) is 0 Å². The summed E-state index contributed by atoms with van der Waals surface area (Å²) in [5.41, 5.74) is 1.24. The number of likely N-dealkylation sites (tertiary alicyclic amines) is 1. The number of hydrogen-bond donors (Lipinski definition) is 0. The van der Waals surface area contributed by atoms with Gasteiger partial charge in [0, 0.05) is 56.9 Å². The zero-order valence-corrected chi connectivity index (χ0v) is 15.1. The second-order valence-electron chi connectivity index (χ2n) is 7.45. The molecule has 0 aromatic carbocycles. The Morgan fingerprint density at radius 1 is 1.16 bits per heavy atom. The predicted octanol–water partition coefficient (Wildman–Crippen LogP) is 1.25. The van der Waals surface area contributed by atoms with E-state index < -0.39 is 0 Å². The highest BCUT2D eigenvalue weighted by atomic mass is 16.5. The van der Waals surface area contributed by atoms with Crippen LogP contribution in [0.5, 0.6) is 0 Å². The second-order valence-corrected chi connectivity index (χ2v) is 7.45. The molecule has 1 spiro atoms. The predicted molar refractivity (Wildman–Crippen MR) is 95.3 cm³/mol. The molecule has 2 aromatic heterocycles. The van der Waals surface area contributed by atoms with Crippen molar-refractivity contribution in [2.45, 2.75) is 19.9 Å². The lowest BCUT2D eigenvalue weighted by molar-refractivity contribution is 0.0727. The van der Waals surface area contributed by atoms with E-state index in [1.165, 1.54) is 0 Å². The summed E-state index contributed by atoms with van der Waals surface area (Å²) in [5.74, 6) is 1.93. The molecular formula is C18H26N6O. The van der Waals surface area contributed by atoms with E-state index in [-0.39, 0.29) is 5.41 Å². The molecule has 2 aromatic rings. The second kappa shape index (κ2) is 6.72. The van der Waals surface area contributed by atoms with Gasteiger partial charge in [0.1, 0.15) is 5.82 Å². The Labute approximate surface area is 148 Å². The summed E-state index contributed by atoms with van der Waals surface area (Å²) in [6.07, 6.45) is 8.80. The number of ether oxygens (including phenoxy) is 1. The van der Waals surface area contributed by atoms with E-state index >= 15 is 0 Å². The monoisotopic (exact) mass is 342 g/mol. The van der Waals surface area contributed by atoms with Crippen molar-refractivity contribution in [1.29, 1.82) is 0 Å². The number of imidazole rings is 1. The molecule has 0 unspecified atom stereocenters. The molecule has 0 bridgehead atoms. The highest BCUT2D eigenvalue weighted by Crippen LogP contribution is 2.34. The van der Waals surface area contributed by atoms with Crippen molar-refractivity contribution in [2.24, 2.45) is 12.5 Å². The van der Waals surface area contributed by atoms with E-state index in [4.69, 9.17) is 4.74 Å². The maximum absolute atomic E-state index is 5.97. The fourth-order valence-corrected chi connectivity index (χ4v) is 3.87. The molecule has 0 radical (unpaired) electrons. The Balaban J connectivity index is 1.47. The van der Waals surface area contributed by atoms with Gasteiger partial charge in [-0.1, -0.05) is 0 Å². The molecule has 4 rings (SSSR count). The molecular weight excluding hydrogens is 316 g/mol. The zero-order chi connectivity index (χ0) is 17.3. The zero-order valence-electron chi connectivity index (χ0n) is 15.1. The summed E-state index contributed by atoms with van der Waals surface area (Å²) in [6, 6.07) is 0. The van der Waals surface area contributed by atoms with Gasteiger partial charge in [0.2, 0.25) is 5.95 Å². The van der Waals surface area contributed by atoms with Gasteiger partial charge in [-0.25, -0.2) is 15.0 Å². The molecule has 2 saturated heterocycles. The van der Waals surface area contributed by atoms with Gasteiger partial charge in [0.05, 0.1) is 19.8 Å². The molecule has 2 fully saturated rings. The first kappa shape index (κ1) is 16.5. The van der Waals surface area contributed by atoms with Crippen molar-refractivity contribution in [1.82, 2.24) is 24.4 Å². The van der Waals surface area contributed by atoms with Crippen LogP contribution in [-0.2, 0) is 18.3 Å². The lowest BCUT2D eigenvalue weighted by Gasteiger charge is -2.32. The summed E-state index contributed by atoms with van der Waals surface area (Å²) in [4.78, 5) is 18.3. The van der Waals surface area contributed by atoms with E-state index in [1.807, 2.05) is 31.7 Å². The number of anilines is 1. The Hall–Kier alpha value is -1.99. The van der Waals surface area contributed by atoms with Crippen molar-refractivity contribution >= 4 is 5.95 Å². The van der Waals surface area contributed by atoms with Crippen LogP contribution in [0.4, 0.5) is 5.95 Å². The topological polar surface area (TPSA) is 59.3 Å². The highest BCUT2D eigenvalue weighted by molar-refractivity contribution is 5.31. The van der Waals surface area contributed by atoms with Crippen molar-refractivity contribution in [3.63, 3.8) is 0 Å². The molecule has 4 heterocycles. The normalized spacial score (nSPS) is 24.8. The summed E-state index contributed by atoms with van der Waals surface area (Å²) in [7, 11) is 2.05. The van der Waals surface area contributed by atoms with Crippen LogP contribution < -0.4 is 4.90 Å². The lowest BCUT2D eigenvalue weighted by Crippen LogP contribution is -2.41. The van der Waals surface area contributed by atoms with E-state index in [9.17, 15) is 0 Å². The summed E-state index contributed by atoms with van der Waals surface area (Å²) < 4.78 is 8.07. The fraction of sp³-hybridized carbons (Fsp3) is 0.611. The molecule has 134 valence electrons. The largest absolute Gasteiger partial charge is 0.379 e. The number of rotatable bonds is 3. The van der Waals surface area contributed by atoms with Crippen molar-refractivity contribution in [3.8, 4) is 0 Å². The molecule has 25 heavy (non-hydrogen) atoms. The van der Waals surface area contributed by atoms with Gasteiger partial charge in [-0.2, -0.15) is 0 Å². The minimum Gasteiger partial charge on any atom is -0.379 e. The van der Waals surface area contributed by atoms with Crippen LogP contribution in [0.3, 0.4) is 0 Å². The summed E-state index contributed by atoms with van der Waals surface area (Å²) >= 11 is 0. The van der Waals surface area contributed by atoms with Crippen molar-refractivity contribution in [3.05, 3.63) is 36.2 Å². The molecule has 2 aliphatic heterocycles. The van der Waals surface area contributed by atoms with Gasteiger partial charge in [0.15, 0.2) is 0 Å². The van der Waals surface area contributed by atoms with Crippen molar-refractivity contribution in [2.75, 3.05) is 44.3 Å². The van der Waals surface area contributed by atoms with E-state index in [0.29, 0.717) is 0 Å². The standard InChI is InChI=1S/C18H26N6O/c1-15-9-20-17(21-10-15)24-7-8-25-14-18(13-24)3-5-23(12-18)11-16-19-4-6-22(16)2/h4,6,9-10H,3,5,7-8,11-14H2,1-2H3/t18-/m1/s1. The molecule has 2 aliphatic rings. The van der Waals surface area contributed by atoms with E-state index in [1.54, 1.807) is 0 Å². The van der Waals surface area contributed by atoms with Crippen LogP contribution in [0.25, 0.3) is 0 Å². The molecule has 0 saturated carbocycles. The maximum Gasteiger partial charge on any atom is 0.225 e. The maximum atomic E-state index is 5.97. The molecule has 7 nitrogen and oxygen atoms in total. The lowest BCUT2D eigenvalue weighted by atomic mass is 9.87. The van der Waals surface area contributed by atoms with Crippen molar-refractivity contribution < 1.29 is 4.74 Å². The van der Waals surface area contributed by atoms with E-state index in [2.05, 4.69) is 36.4 Å². The third kappa shape index (κ3) is 3.52. The number of hydrogen-bond acceptors (Lipinski definition) is 6. The van der Waals surface area contributed by atoms with Crippen LogP contribution in [-0.4, -0.2) is 63.8 Å². The minimum atomic E-state index is 0.149.